The molecule has 0 aromatic carbocycles. The minimum Gasteiger partial charge on any atom is -0.371 e. The second kappa shape index (κ2) is 6.03. The summed E-state index contributed by atoms with van der Waals surface area (Å²) in [7, 11) is 5.60. The maximum absolute atomic E-state index is 5.69. The van der Waals surface area contributed by atoms with Crippen LogP contribution in [0.2, 0.25) is 0 Å². The van der Waals surface area contributed by atoms with Crippen molar-refractivity contribution in [2.45, 2.75) is 6.10 Å². The van der Waals surface area contributed by atoms with Gasteiger partial charge < -0.3 is 15.4 Å². The number of rotatable bonds is 3. The molecular formula is C14H15BN4O. The lowest BCUT2D eigenvalue weighted by atomic mass is 9.99. The van der Waals surface area contributed by atoms with Gasteiger partial charge in [0.05, 0.1) is 12.7 Å². The summed E-state index contributed by atoms with van der Waals surface area (Å²) in [5.74, 6) is 1.46. The molecule has 2 aromatic rings. The molecule has 5 nitrogen and oxygen atoms in total. The summed E-state index contributed by atoms with van der Waals surface area (Å²) in [5, 5.41) is 6.43. The van der Waals surface area contributed by atoms with Crippen LogP contribution in [0.1, 0.15) is 11.7 Å². The minimum absolute atomic E-state index is 0.0833. The Morgan fingerprint density at radius 2 is 1.95 bits per heavy atom. The molecule has 0 bridgehead atoms. The van der Waals surface area contributed by atoms with E-state index >= 15 is 0 Å². The van der Waals surface area contributed by atoms with Crippen LogP contribution in [0.5, 0.6) is 0 Å². The Labute approximate surface area is 119 Å². The highest BCUT2D eigenvalue weighted by molar-refractivity contribution is 6.32. The second-order valence-corrected chi connectivity index (χ2v) is 4.64. The number of hydrogen-bond donors (Lipinski definition) is 2. The highest BCUT2D eigenvalue weighted by atomic mass is 16.5. The van der Waals surface area contributed by atoms with E-state index in [9.17, 15) is 0 Å². The summed E-state index contributed by atoms with van der Waals surface area (Å²) >= 11 is 0. The van der Waals surface area contributed by atoms with Crippen molar-refractivity contribution < 1.29 is 4.74 Å². The van der Waals surface area contributed by atoms with Gasteiger partial charge in [0.2, 0.25) is 0 Å². The largest absolute Gasteiger partial charge is 0.371 e. The van der Waals surface area contributed by atoms with Crippen LogP contribution in [0.15, 0.2) is 36.7 Å². The summed E-state index contributed by atoms with van der Waals surface area (Å²) in [6, 6.07) is 7.56. The number of aromatic nitrogens is 2. The van der Waals surface area contributed by atoms with E-state index in [0.717, 1.165) is 36.9 Å². The zero-order valence-corrected chi connectivity index (χ0v) is 11.0. The Morgan fingerprint density at radius 1 is 1.15 bits per heavy atom. The van der Waals surface area contributed by atoms with Gasteiger partial charge in [-0.05, 0) is 12.1 Å². The van der Waals surface area contributed by atoms with E-state index in [4.69, 9.17) is 12.6 Å². The molecule has 2 N–H and O–H groups in total. The van der Waals surface area contributed by atoms with Crippen LogP contribution in [0.4, 0.5) is 11.6 Å². The number of hydrogen-bond acceptors (Lipinski definition) is 5. The fourth-order valence-electron chi connectivity index (χ4n) is 2.06. The van der Waals surface area contributed by atoms with Gasteiger partial charge in [-0.2, -0.15) is 0 Å². The molecule has 0 saturated carbocycles. The Hall–Kier alpha value is -1.92. The smallest absolute Gasteiger partial charge is 0.131 e. The van der Waals surface area contributed by atoms with E-state index in [1.54, 1.807) is 12.3 Å². The summed E-state index contributed by atoms with van der Waals surface area (Å²) in [6.07, 6.45) is 3.52. The summed E-state index contributed by atoms with van der Waals surface area (Å²) in [6.45, 7) is 2.47. The van der Waals surface area contributed by atoms with E-state index < -0.39 is 0 Å². The third-order valence-corrected chi connectivity index (χ3v) is 3.13. The Balaban J connectivity index is 1.67. The standard InChI is InChI=1S/C14H15BN4O/c15-11-2-4-14(18-8-11)19-13-3-1-10(7-17-13)12-9-16-5-6-20-12/h1-4,7-8,12,16H,5-6,9H2,(H,17,18,19). The van der Waals surface area contributed by atoms with Gasteiger partial charge in [0.25, 0.3) is 0 Å². The lowest BCUT2D eigenvalue weighted by molar-refractivity contribution is 0.0275. The summed E-state index contributed by atoms with van der Waals surface area (Å²) < 4.78 is 5.69. The fraction of sp³-hybridized carbons (Fsp3) is 0.286. The van der Waals surface area contributed by atoms with E-state index in [0.29, 0.717) is 5.46 Å². The van der Waals surface area contributed by atoms with Crippen molar-refractivity contribution in [2.75, 3.05) is 25.0 Å². The predicted octanol–water partition coefficient (Wildman–Crippen LogP) is 0.675. The van der Waals surface area contributed by atoms with Crippen LogP contribution in [-0.2, 0) is 4.74 Å². The van der Waals surface area contributed by atoms with Crippen LogP contribution >= 0.6 is 0 Å². The van der Waals surface area contributed by atoms with Crippen molar-refractivity contribution in [1.29, 1.82) is 0 Å². The molecule has 2 radical (unpaired) electrons. The van der Waals surface area contributed by atoms with E-state index in [-0.39, 0.29) is 6.10 Å². The van der Waals surface area contributed by atoms with Gasteiger partial charge in [0, 0.05) is 31.0 Å². The first kappa shape index (κ1) is 13.1. The molecule has 0 spiro atoms. The molecule has 100 valence electrons. The number of morpholine rings is 1. The van der Waals surface area contributed by atoms with Crippen molar-refractivity contribution >= 4 is 24.9 Å². The van der Waals surface area contributed by atoms with Crippen LogP contribution < -0.4 is 16.1 Å². The molecule has 1 unspecified atom stereocenters. The maximum atomic E-state index is 5.69. The summed E-state index contributed by atoms with van der Waals surface area (Å²) in [4.78, 5) is 8.56. The third-order valence-electron chi connectivity index (χ3n) is 3.13. The molecular weight excluding hydrogens is 251 g/mol. The van der Waals surface area contributed by atoms with Gasteiger partial charge in [-0.15, -0.1) is 0 Å². The van der Waals surface area contributed by atoms with Crippen LogP contribution in [-0.4, -0.2) is 37.5 Å². The number of ether oxygens (including phenoxy) is 1. The van der Waals surface area contributed by atoms with Crippen molar-refractivity contribution in [3.63, 3.8) is 0 Å². The Bertz CT molecular complexity index is 552. The van der Waals surface area contributed by atoms with E-state index in [1.165, 1.54) is 0 Å². The summed E-state index contributed by atoms with van der Waals surface area (Å²) in [5.41, 5.74) is 1.72. The topological polar surface area (TPSA) is 59.1 Å². The SMILES string of the molecule is [B]c1ccc(Nc2ccc(C3CNCCO3)cn2)nc1. The van der Waals surface area contributed by atoms with Crippen molar-refractivity contribution in [3.05, 3.63) is 42.2 Å². The highest BCUT2D eigenvalue weighted by Gasteiger charge is 2.15. The third kappa shape index (κ3) is 3.15. The van der Waals surface area contributed by atoms with Crippen LogP contribution in [0.3, 0.4) is 0 Å². The first-order valence-electron chi connectivity index (χ1n) is 6.58. The quantitative estimate of drug-likeness (QED) is 0.800. The minimum atomic E-state index is 0.0833. The number of nitrogens with one attached hydrogen (secondary N) is 2. The van der Waals surface area contributed by atoms with Crippen molar-refractivity contribution in [3.8, 4) is 0 Å². The monoisotopic (exact) mass is 266 g/mol. The van der Waals surface area contributed by atoms with Gasteiger partial charge in [-0.1, -0.05) is 17.6 Å². The number of nitrogens with zero attached hydrogens (tertiary/aromatic N) is 2. The van der Waals surface area contributed by atoms with Crippen LogP contribution in [0.25, 0.3) is 0 Å². The van der Waals surface area contributed by atoms with Crippen molar-refractivity contribution in [1.82, 2.24) is 15.3 Å². The fourth-order valence-corrected chi connectivity index (χ4v) is 2.06. The van der Waals surface area contributed by atoms with Gasteiger partial charge >= 0.3 is 0 Å². The predicted molar refractivity (Wildman–Crippen MR) is 78.7 cm³/mol. The van der Waals surface area contributed by atoms with Crippen LogP contribution in [0, 0.1) is 0 Å². The normalized spacial score (nSPS) is 18.7. The molecule has 20 heavy (non-hydrogen) atoms. The van der Waals surface area contributed by atoms with E-state index in [1.807, 2.05) is 24.4 Å². The Morgan fingerprint density at radius 3 is 2.55 bits per heavy atom. The first-order chi connectivity index (χ1) is 9.81. The average Bonchev–Trinajstić information content (AvgIpc) is 2.51. The van der Waals surface area contributed by atoms with Crippen molar-refractivity contribution in [2.24, 2.45) is 0 Å². The zero-order chi connectivity index (χ0) is 13.8. The molecule has 1 atom stereocenters. The highest BCUT2D eigenvalue weighted by Crippen LogP contribution is 2.19. The maximum Gasteiger partial charge on any atom is 0.131 e. The van der Waals surface area contributed by atoms with Gasteiger partial charge in [0.15, 0.2) is 0 Å². The van der Waals surface area contributed by atoms with E-state index in [2.05, 4.69) is 20.6 Å². The molecule has 0 aliphatic carbocycles. The lowest BCUT2D eigenvalue weighted by Crippen LogP contribution is -2.33. The molecule has 3 rings (SSSR count). The number of anilines is 2. The molecule has 0 amide bonds. The van der Waals surface area contributed by atoms with Gasteiger partial charge in [-0.3, -0.25) is 0 Å². The second-order valence-electron chi connectivity index (χ2n) is 4.64. The molecule has 2 aromatic heterocycles. The van der Waals surface area contributed by atoms with Gasteiger partial charge in [-0.25, -0.2) is 9.97 Å². The zero-order valence-electron chi connectivity index (χ0n) is 11.0. The molecule has 1 saturated heterocycles. The lowest BCUT2D eigenvalue weighted by Gasteiger charge is -2.23. The molecule has 6 heteroatoms. The molecule has 3 heterocycles. The Kier molecular flexibility index (Phi) is 3.94. The molecule has 1 fully saturated rings. The first-order valence-corrected chi connectivity index (χ1v) is 6.58. The molecule has 1 aliphatic heterocycles. The average molecular weight is 266 g/mol. The van der Waals surface area contributed by atoms with Gasteiger partial charge in [0.1, 0.15) is 19.5 Å². The molecule has 1 aliphatic rings. The number of pyridine rings is 2.